The number of nitrogens with zero attached hydrogens (tertiary/aromatic N) is 3. The maximum absolute atomic E-state index is 12.1. The first-order chi connectivity index (χ1) is 12.3. The number of piperidine rings is 1. The summed E-state index contributed by atoms with van der Waals surface area (Å²) in [6.07, 6.45) is 5.52. The van der Waals surface area contributed by atoms with E-state index in [0.29, 0.717) is 24.0 Å². The molecule has 3 rings (SSSR count). The van der Waals surface area contributed by atoms with Crippen LogP contribution in [0.4, 0.5) is 5.95 Å². The fraction of sp³-hybridized carbons (Fsp3) is 0.421. The zero-order valence-electron chi connectivity index (χ0n) is 14.6. The fourth-order valence-corrected chi connectivity index (χ4v) is 3.26. The van der Waals surface area contributed by atoms with Gasteiger partial charge in [0.05, 0.1) is 5.56 Å². The second-order valence-corrected chi connectivity index (χ2v) is 6.35. The Morgan fingerprint density at radius 2 is 2.00 bits per heavy atom. The minimum Gasteiger partial charge on any atom is -0.357 e. The van der Waals surface area contributed by atoms with E-state index in [1.54, 1.807) is 19.4 Å². The van der Waals surface area contributed by atoms with Crippen LogP contribution in [0.15, 0.2) is 42.7 Å². The van der Waals surface area contributed by atoms with Gasteiger partial charge in [-0.3, -0.25) is 4.79 Å². The number of hydrogen-bond donors (Lipinski definition) is 2. The normalized spacial score (nSPS) is 17.9. The molecule has 6 heteroatoms. The van der Waals surface area contributed by atoms with Gasteiger partial charge in [-0.25, -0.2) is 9.97 Å². The molecule has 132 valence electrons. The third-order valence-corrected chi connectivity index (χ3v) is 4.63. The van der Waals surface area contributed by atoms with E-state index < -0.39 is 0 Å². The molecule has 1 amide bonds. The summed E-state index contributed by atoms with van der Waals surface area (Å²) in [6.45, 7) is 3.65. The van der Waals surface area contributed by atoms with Crippen molar-refractivity contribution in [2.75, 3.05) is 38.5 Å². The number of likely N-dealkylation sites (tertiary alicyclic amines) is 1. The second kappa shape index (κ2) is 8.58. The Labute approximate surface area is 148 Å². The summed E-state index contributed by atoms with van der Waals surface area (Å²) in [5.41, 5.74) is 1.90. The zero-order chi connectivity index (χ0) is 17.5. The number of carbonyl (C=O) groups is 1. The van der Waals surface area contributed by atoms with Crippen molar-refractivity contribution in [2.45, 2.75) is 18.8 Å². The highest BCUT2D eigenvalue weighted by atomic mass is 16.1. The van der Waals surface area contributed by atoms with Gasteiger partial charge in [0.25, 0.3) is 5.91 Å². The van der Waals surface area contributed by atoms with E-state index in [4.69, 9.17) is 0 Å². The first-order valence-corrected chi connectivity index (χ1v) is 8.81. The van der Waals surface area contributed by atoms with Crippen molar-refractivity contribution < 1.29 is 4.79 Å². The predicted octanol–water partition coefficient (Wildman–Crippen LogP) is 2.13. The molecule has 0 saturated carbocycles. The van der Waals surface area contributed by atoms with Crippen molar-refractivity contribution in [3.05, 3.63) is 53.9 Å². The number of anilines is 1. The van der Waals surface area contributed by atoms with Crippen LogP contribution in [0.3, 0.4) is 0 Å². The number of benzene rings is 1. The SMILES string of the molecule is CNc1ncc(C(=O)NCCN2CCC[C@H](c3ccccc3)C2)cn1. The third-order valence-electron chi connectivity index (χ3n) is 4.63. The highest BCUT2D eigenvalue weighted by Gasteiger charge is 2.20. The molecule has 1 atom stereocenters. The Balaban J connectivity index is 1.45. The van der Waals surface area contributed by atoms with Crippen LogP contribution in [0.25, 0.3) is 0 Å². The van der Waals surface area contributed by atoms with Gasteiger partial charge < -0.3 is 15.5 Å². The highest BCUT2D eigenvalue weighted by Crippen LogP contribution is 2.26. The number of aromatic nitrogens is 2. The summed E-state index contributed by atoms with van der Waals surface area (Å²) in [5.74, 6) is 0.976. The quantitative estimate of drug-likeness (QED) is 0.844. The molecule has 1 aromatic carbocycles. The number of carbonyl (C=O) groups excluding carboxylic acids is 1. The van der Waals surface area contributed by atoms with E-state index in [1.165, 1.54) is 18.4 Å². The van der Waals surface area contributed by atoms with Gasteiger partial charge in [0.15, 0.2) is 0 Å². The van der Waals surface area contributed by atoms with Gasteiger partial charge in [0, 0.05) is 39.1 Å². The van der Waals surface area contributed by atoms with Crippen LogP contribution < -0.4 is 10.6 Å². The number of amides is 1. The molecular weight excluding hydrogens is 314 g/mol. The smallest absolute Gasteiger partial charge is 0.254 e. The van der Waals surface area contributed by atoms with Crippen molar-refractivity contribution in [1.82, 2.24) is 20.2 Å². The minimum absolute atomic E-state index is 0.126. The topological polar surface area (TPSA) is 70.2 Å². The van der Waals surface area contributed by atoms with E-state index in [-0.39, 0.29) is 5.91 Å². The number of rotatable bonds is 6. The van der Waals surface area contributed by atoms with Crippen molar-refractivity contribution in [3.8, 4) is 0 Å². The molecule has 25 heavy (non-hydrogen) atoms. The Morgan fingerprint density at radius 3 is 2.72 bits per heavy atom. The molecule has 2 aromatic rings. The summed E-state index contributed by atoms with van der Waals surface area (Å²) >= 11 is 0. The van der Waals surface area contributed by atoms with Crippen LogP contribution in [-0.2, 0) is 0 Å². The monoisotopic (exact) mass is 339 g/mol. The highest BCUT2D eigenvalue weighted by molar-refractivity contribution is 5.93. The van der Waals surface area contributed by atoms with Gasteiger partial charge >= 0.3 is 0 Å². The molecule has 1 fully saturated rings. The summed E-state index contributed by atoms with van der Waals surface area (Å²) < 4.78 is 0. The van der Waals surface area contributed by atoms with Crippen molar-refractivity contribution in [1.29, 1.82) is 0 Å². The maximum Gasteiger partial charge on any atom is 0.254 e. The molecule has 0 spiro atoms. The molecule has 2 N–H and O–H groups in total. The molecular formula is C19H25N5O. The second-order valence-electron chi connectivity index (χ2n) is 6.35. The van der Waals surface area contributed by atoms with Crippen molar-refractivity contribution >= 4 is 11.9 Å². The van der Waals surface area contributed by atoms with Gasteiger partial charge in [-0.05, 0) is 30.9 Å². The van der Waals surface area contributed by atoms with Crippen LogP contribution in [0.2, 0.25) is 0 Å². The van der Waals surface area contributed by atoms with Gasteiger partial charge in [-0.1, -0.05) is 30.3 Å². The van der Waals surface area contributed by atoms with Crippen LogP contribution in [0.5, 0.6) is 0 Å². The lowest BCUT2D eigenvalue weighted by molar-refractivity contribution is 0.0945. The van der Waals surface area contributed by atoms with E-state index in [9.17, 15) is 4.79 Å². The van der Waals surface area contributed by atoms with E-state index in [0.717, 1.165) is 19.6 Å². The Kier molecular flexibility index (Phi) is 5.95. The summed E-state index contributed by atoms with van der Waals surface area (Å²) in [6, 6.07) is 10.7. The first-order valence-electron chi connectivity index (χ1n) is 8.81. The van der Waals surface area contributed by atoms with Crippen LogP contribution in [0, 0.1) is 0 Å². The summed E-state index contributed by atoms with van der Waals surface area (Å²) in [5, 5.41) is 5.79. The Hall–Kier alpha value is -2.47. The predicted molar refractivity (Wildman–Crippen MR) is 98.8 cm³/mol. The summed E-state index contributed by atoms with van der Waals surface area (Å²) in [4.78, 5) is 22.7. The van der Waals surface area contributed by atoms with E-state index in [2.05, 4.69) is 55.8 Å². The Bertz CT molecular complexity index is 674. The lowest BCUT2D eigenvalue weighted by Crippen LogP contribution is -2.40. The molecule has 0 aliphatic carbocycles. The molecule has 1 aliphatic heterocycles. The van der Waals surface area contributed by atoms with Crippen molar-refractivity contribution in [2.24, 2.45) is 0 Å². The average molecular weight is 339 g/mol. The lowest BCUT2D eigenvalue weighted by Gasteiger charge is -2.33. The largest absolute Gasteiger partial charge is 0.357 e. The minimum atomic E-state index is -0.126. The van der Waals surface area contributed by atoms with Gasteiger partial charge in [-0.15, -0.1) is 0 Å². The lowest BCUT2D eigenvalue weighted by atomic mass is 9.91. The van der Waals surface area contributed by atoms with Gasteiger partial charge in [0.1, 0.15) is 0 Å². The average Bonchev–Trinajstić information content (AvgIpc) is 2.69. The maximum atomic E-state index is 12.1. The summed E-state index contributed by atoms with van der Waals surface area (Å²) in [7, 11) is 1.75. The molecule has 2 heterocycles. The molecule has 0 radical (unpaired) electrons. The molecule has 0 bridgehead atoms. The molecule has 1 aromatic heterocycles. The van der Waals surface area contributed by atoms with Crippen molar-refractivity contribution in [3.63, 3.8) is 0 Å². The number of nitrogens with one attached hydrogen (secondary N) is 2. The van der Waals surface area contributed by atoms with Gasteiger partial charge in [-0.2, -0.15) is 0 Å². The standard InChI is InChI=1S/C19H25N5O/c1-20-19-22-12-17(13-23-19)18(25)21-9-11-24-10-5-8-16(14-24)15-6-3-2-4-7-15/h2-4,6-7,12-13,16H,5,8-11,14H2,1H3,(H,21,25)(H,20,22,23)/t16-/m0/s1. The number of hydrogen-bond acceptors (Lipinski definition) is 5. The first kappa shape index (κ1) is 17.4. The van der Waals surface area contributed by atoms with Gasteiger partial charge in [0.2, 0.25) is 5.95 Å². The molecule has 0 unspecified atom stereocenters. The third kappa shape index (κ3) is 4.76. The van der Waals surface area contributed by atoms with Crippen LogP contribution in [-0.4, -0.2) is 54.0 Å². The van der Waals surface area contributed by atoms with E-state index in [1.807, 2.05) is 0 Å². The fourth-order valence-electron chi connectivity index (χ4n) is 3.26. The molecule has 1 aliphatic rings. The van der Waals surface area contributed by atoms with Crippen LogP contribution >= 0.6 is 0 Å². The van der Waals surface area contributed by atoms with Crippen LogP contribution in [0.1, 0.15) is 34.7 Å². The molecule has 6 nitrogen and oxygen atoms in total. The van der Waals surface area contributed by atoms with E-state index >= 15 is 0 Å². The Morgan fingerprint density at radius 1 is 1.24 bits per heavy atom. The molecule has 1 saturated heterocycles. The zero-order valence-corrected chi connectivity index (χ0v) is 14.6.